The average Bonchev–Trinajstić information content (AvgIpc) is 2.92. The second-order valence-corrected chi connectivity index (χ2v) is 6.70. The predicted octanol–water partition coefficient (Wildman–Crippen LogP) is 4.53. The molecular weight excluding hydrogens is 350 g/mol. The first kappa shape index (κ1) is 17.9. The lowest BCUT2D eigenvalue weighted by atomic mass is 10.2. The fourth-order valence-corrected chi connectivity index (χ4v) is 3.60. The van der Waals surface area contributed by atoms with Crippen LogP contribution in [-0.4, -0.2) is 27.4 Å². The average molecular weight is 367 g/mol. The van der Waals surface area contributed by atoms with Crippen molar-refractivity contribution in [3.8, 4) is 0 Å². The van der Waals surface area contributed by atoms with Gasteiger partial charge < -0.3 is 0 Å². The summed E-state index contributed by atoms with van der Waals surface area (Å²) >= 11 is 1.28. The molecule has 0 spiro atoms. The summed E-state index contributed by atoms with van der Waals surface area (Å²) in [6.07, 6.45) is 1.67. The molecule has 0 saturated carbocycles. The number of benzene rings is 2. The molecular formula is C19H17N3O3S. The quantitative estimate of drug-likeness (QED) is 0.452. The number of amides is 1. The van der Waals surface area contributed by atoms with Crippen LogP contribution in [0.3, 0.4) is 0 Å². The third-order valence-electron chi connectivity index (χ3n) is 3.91. The molecule has 0 unspecified atom stereocenters. The van der Waals surface area contributed by atoms with E-state index in [1.165, 1.54) is 23.9 Å². The summed E-state index contributed by atoms with van der Waals surface area (Å²) < 4.78 is 0. The summed E-state index contributed by atoms with van der Waals surface area (Å²) in [5.41, 5.74) is 2.46. The summed E-state index contributed by atoms with van der Waals surface area (Å²) in [7, 11) is 0. The molecule has 1 saturated heterocycles. The number of amidine groups is 1. The van der Waals surface area contributed by atoms with Gasteiger partial charge in [0.2, 0.25) is 0 Å². The largest absolute Gasteiger partial charge is 0.287 e. The minimum Gasteiger partial charge on any atom is -0.287 e. The van der Waals surface area contributed by atoms with Crippen LogP contribution in [0.5, 0.6) is 0 Å². The summed E-state index contributed by atoms with van der Waals surface area (Å²) in [6, 6.07) is 13.9. The zero-order valence-corrected chi connectivity index (χ0v) is 15.2. The number of para-hydroxylation sites is 1. The van der Waals surface area contributed by atoms with Crippen LogP contribution in [0.2, 0.25) is 0 Å². The van der Waals surface area contributed by atoms with Gasteiger partial charge in [0.25, 0.3) is 11.6 Å². The topological polar surface area (TPSA) is 75.8 Å². The summed E-state index contributed by atoms with van der Waals surface area (Å²) in [6.45, 7) is 4.36. The third kappa shape index (κ3) is 3.67. The zero-order valence-electron chi connectivity index (χ0n) is 14.4. The van der Waals surface area contributed by atoms with E-state index in [0.29, 0.717) is 22.2 Å². The molecule has 0 bridgehead atoms. The number of hydrogen-bond donors (Lipinski definition) is 0. The Kier molecular flexibility index (Phi) is 5.18. The smallest absolute Gasteiger partial charge is 0.270 e. The van der Waals surface area contributed by atoms with Crippen LogP contribution in [0.4, 0.5) is 11.4 Å². The molecule has 0 radical (unpaired) electrons. The van der Waals surface area contributed by atoms with Gasteiger partial charge in [-0.1, -0.05) is 30.3 Å². The lowest BCUT2D eigenvalue weighted by Crippen LogP contribution is -2.28. The number of carbonyl (C=O) groups excluding carboxylic acids is 1. The van der Waals surface area contributed by atoms with E-state index in [-0.39, 0.29) is 11.6 Å². The molecule has 0 atom stereocenters. The van der Waals surface area contributed by atoms with Crippen molar-refractivity contribution >= 4 is 40.3 Å². The van der Waals surface area contributed by atoms with E-state index in [1.54, 1.807) is 23.1 Å². The van der Waals surface area contributed by atoms with Crippen LogP contribution in [0.1, 0.15) is 18.1 Å². The van der Waals surface area contributed by atoms with Crippen LogP contribution in [0.15, 0.2) is 58.4 Å². The zero-order chi connectivity index (χ0) is 18.7. The standard InChI is InChI=1S/C19H17N3O3S/c1-3-21-18(23)17(12-14-8-6-9-15(11-14)22(24)25)26-19(21)20-16-10-5-4-7-13(16)2/h4-12H,3H2,1-2H3/b17-12+,20-19?. The number of non-ortho nitro benzene ring substituents is 1. The molecule has 1 fully saturated rings. The van der Waals surface area contributed by atoms with E-state index in [0.717, 1.165) is 11.3 Å². The molecule has 0 aliphatic carbocycles. The van der Waals surface area contributed by atoms with Gasteiger partial charge in [-0.15, -0.1) is 0 Å². The van der Waals surface area contributed by atoms with Crippen molar-refractivity contribution in [1.29, 1.82) is 0 Å². The van der Waals surface area contributed by atoms with Crippen molar-refractivity contribution in [2.24, 2.45) is 4.99 Å². The van der Waals surface area contributed by atoms with Gasteiger partial charge >= 0.3 is 0 Å². The highest BCUT2D eigenvalue weighted by Crippen LogP contribution is 2.34. The van der Waals surface area contributed by atoms with E-state index in [4.69, 9.17) is 0 Å². The third-order valence-corrected chi connectivity index (χ3v) is 4.92. The maximum absolute atomic E-state index is 12.7. The predicted molar refractivity (Wildman–Crippen MR) is 104 cm³/mol. The molecule has 132 valence electrons. The van der Waals surface area contributed by atoms with Gasteiger partial charge in [0, 0.05) is 18.7 Å². The number of nitro benzene ring substituents is 1. The maximum Gasteiger partial charge on any atom is 0.270 e. The normalized spacial score (nSPS) is 17.3. The first-order valence-electron chi connectivity index (χ1n) is 8.09. The molecule has 1 heterocycles. The van der Waals surface area contributed by atoms with Crippen LogP contribution in [0.25, 0.3) is 6.08 Å². The summed E-state index contributed by atoms with van der Waals surface area (Å²) in [4.78, 5) is 29.9. The minimum absolute atomic E-state index is 0.00376. The van der Waals surface area contributed by atoms with Crippen molar-refractivity contribution in [2.75, 3.05) is 6.54 Å². The van der Waals surface area contributed by atoms with Crippen molar-refractivity contribution in [3.63, 3.8) is 0 Å². The SMILES string of the molecule is CCN1C(=O)/C(=C\c2cccc([N+](=O)[O-])c2)SC1=Nc1ccccc1C. The first-order valence-corrected chi connectivity index (χ1v) is 8.91. The van der Waals surface area contributed by atoms with Crippen molar-refractivity contribution in [3.05, 3.63) is 74.7 Å². The molecule has 1 aliphatic heterocycles. The highest BCUT2D eigenvalue weighted by molar-refractivity contribution is 8.18. The van der Waals surface area contributed by atoms with E-state index < -0.39 is 4.92 Å². The molecule has 2 aromatic carbocycles. The number of aliphatic imine (C=N–C) groups is 1. The molecule has 2 aromatic rings. The van der Waals surface area contributed by atoms with Gasteiger partial charge in [-0.05, 0) is 48.9 Å². The van der Waals surface area contributed by atoms with E-state index in [1.807, 2.05) is 38.1 Å². The monoisotopic (exact) mass is 367 g/mol. The van der Waals surface area contributed by atoms with E-state index in [2.05, 4.69) is 4.99 Å². The Morgan fingerprint density at radius 2 is 2.00 bits per heavy atom. The Morgan fingerprint density at radius 3 is 2.69 bits per heavy atom. The summed E-state index contributed by atoms with van der Waals surface area (Å²) in [5, 5.41) is 11.5. The lowest BCUT2D eigenvalue weighted by Gasteiger charge is -2.12. The number of hydrogen-bond acceptors (Lipinski definition) is 5. The number of nitrogens with zero attached hydrogens (tertiary/aromatic N) is 3. The van der Waals surface area contributed by atoms with Gasteiger partial charge in [0.05, 0.1) is 15.5 Å². The molecule has 1 aliphatic rings. The van der Waals surface area contributed by atoms with Crippen molar-refractivity contribution in [2.45, 2.75) is 13.8 Å². The van der Waals surface area contributed by atoms with Gasteiger partial charge in [0.15, 0.2) is 5.17 Å². The molecule has 1 amide bonds. The number of carbonyl (C=O) groups is 1. The molecule has 26 heavy (non-hydrogen) atoms. The van der Waals surface area contributed by atoms with Crippen molar-refractivity contribution < 1.29 is 9.72 Å². The van der Waals surface area contributed by atoms with Crippen LogP contribution in [-0.2, 0) is 4.79 Å². The second-order valence-electron chi connectivity index (χ2n) is 5.69. The number of thioether (sulfide) groups is 1. The molecule has 6 nitrogen and oxygen atoms in total. The summed E-state index contributed by atoms with van der Waals surface area (Å²) in [5.74, 6) is -0.142. The van der Waals surface area contributed by atoms with Gasteiger partial charge in [-0.3, -0.25) is 19.8 Å². The Labute approximate surface area is 155 Å². The maximum atomic E-state index is 12.7. The lowest BCUT2D eigenvalue weighted by molar-refractivity contribution is -0.384. The Balaban J connectivity index is 1.96. The minimum atomic E-state index is -0.449. The van der Waals surface area contributed by atoms with Crippen LogP contribution < -0.4 is 0 Å². The van der Waals surface area contributed by atoms with Gasteiger partial charge in [-0.25, -0.2) is 4.99 Å². The Morgan fingerprint density at radius 1 is 1.23 bits per heavy atom. The second kappa shape index (κ2) is 7.53. The number of nitro groups is 1. The molecule has 7 heteroatoms. The highest BCUT2D eigenvalue weighted by Gasteiger charge is 2.32. The molecule has 3 rings (SSSR count). The van der Waals surface area contributed by atoms with Crippen LogP contribution in [0, 0.1) is 17.0 Å². The number of aryl methyl sites for hydroxylation is 1. The molecule has 0 N–H and O–H groups in total. The van der Waals surface area contributed by atoms with E-state index >= 15 is 0 Å². The molecule has 0 aromatic heterocycles. The van der Waals surface area contributed by atoms with Crippen molar-refractivity contribution in [1.82, 2.24) is 4.90 Å². The first-order chi connectivity index (χ1) is 12.5. The Hall–Kier alpha value is -2.93. The van der Waals surface area contributed by atoms with Gasteiger partial charge in [0.1, 0.15) is 0 Å². The highest BCUT2D eigenvalue weighted by atomic mass is 32.2. The fraction of sp³-hybridized carbons (Fsp3) is 0.158. The fourth-order valence-electron chi connectivity index (χ4n) is 2.54. The van der Waals surface area contributed by atoms with E-state index in [9.17, 15) is 14.9 Å². The number of likely N-dealkylation sites (N-methyl/N-ethyl adjacent to an activating group) is 1. The Bertz CT molecular complexity index is 937. The van der Waals surface area contributed by atoms with Crippen LogP contribution >= 0.6 is 11.8 Å². The van der Waals surface area contributed by atoms with Gasteiger partial charge in [-0.2, -0.15) is 0 Å². The number of rotatable bonds is 4.